The second-order valence-electron chi connectivity index (χ2n) is 4.36. The van der Waals surface area contributed by atoms with Gasteiger partial charge in [-0.2, -0.15) is 0 Å². The molecule has 5 nitrogen and oxygen atoms in total. The molecule has 3 rings (SSSR count). The summed E-state index contributed by atoms with van der Waals surface area (Å²) in [4.78, 5) is 15.2. The lowest BCUT2D eigenvalue weighted by Crippen LogP contribution is -1.97. The predicted octanol–water partition coefficient (Wildman–Crippen LogP) is 3.52. The molecule has 0 aliphatic rings. The summed E-state index contributed by atoms with van der Waals surface area (Å²) in [6.07, 6.45) is 3.07. The minimum Gasteiger partial charge on any atom is -0.478 e. The molecule has 0 amide bonds. The Labute approximate surface area is 132 Å². The van der Waals surface area contributed by atoms with Crippen molar-refractivity contribution in [3.8, 4) is 0 Å². The van der Waals surface area contributed by atoms with E-state index in [4.69, 9.17) is 5.11 Å². The molecule has 0 radical (unpaired) electrons. The Kier molecular flexibility index (Phi) is 3.50. The van der Waals surface area contributed by atoms with Crippen LogP contribution < -0.4 is 5.32 Å². The van der Waals surface area contributed by atoms with Crippen molar-refractivity contribution in [3.05, 3.63) is 57.7 Å². The highest BCUT2D eigenvalue weighted by molar-refractivity contribution is 14.1. The van der Waals surface area contributed by atoms with Crippen LogP contribution in [0.1, 0.15) is 10.4 Å². The van der Waals surface area contributed by atoms with Crippen molar-refractivity contribution in [3.63, 3.8) is 0 Å². The van der Waals surface area contributed by atoms with Gasteiger partial charge >= 0.3 is 5.97 Å². The highest BCUT2D eigenvalue weighted by Crippen LogP contribution is 2.21. The molecule has 3 aromatic rings. The Balaban J connectivity index is 1.95. The van der Waals surface area contributed by atoms with Crippen LogP contribution in [-0.4, -0.2) is 20.5 Å². The van der Waals surface area contributed by atoms with E-state index in [1.807, 2.05) is 22.6 Å². The Bertz CT molecular complexity index is 847. The lowest BCUT2D eigenvalue weighted by molar-refractivity contribution is 0.0696. The number of nitrogens with zero attached hydrogens (tertiary/aromatic N) is 2. The molecule has 0 saturated carbocycles. The van der Waals surface area contributed by atoms with Crippen LogP contribution >= 0.6 is 22.6 Å². The first kappa shape index (κ1) is 13.8. The summed E-state index contributed by atoms with van der Waals surface area (Å²) >= 11 is 2.03. The topological polar surface area (TPSA) is 66.6 Å². The van der Waals surface area contributed by atoms with Gasteiger partial charge in [0.05, 0.1) is 17.4 Å². The first-order chi connectivity index (χ1) is 10.0. The molecule has 0 atom stereocenters. The third-order valence-corrected chi connectivity index (χ3v) is 3.56. The van der Waals surface area contributed by atoms with Crippen LogP contribution in [0.2, 0.25) is 0 Å². The number of halogens is 2. The summed E-state index contributed by atoms with van der Waals surface area (Å²) in [6, 6.07) is 7.90. The fraction of sp³-hybridized carbons (Fsp3) is 0. The van der Waals surface area contributed by atoms with Gasteiger partial charge in [-0.3, -0.25) is 0 Å². The van der Waals surface area contributed by atoms with Crippen molar-refractivity contribution in [1.82, 2.24) is 9.38 Å². The van der Waals surface area contributed by atoms with Crippen LogP contribution in [0.5, 0.6) is 0 Å². The quantitative estimate of drug-likeness (QED) is 0.664. The number of imidazole rings is 1. The number of carbonyl (C=O) groups is 1. The van der Waals surface area contributed by atoms with Crippen LogP contribution in [0.3, 0.4) is 0 Å². The van der Waals surface area contributed by atoms with Gasteiger partial charge < -0.3 is 14.8 Å². The summed E-state index contributed by atoms with van der Waals surface area (Å²) in [5, 5.41) is 11.8. The molecule has 2 heterocycles. The van der Waals surface area contributed by atoms with Gasteiger partial charge in [-0.05, 0) is 52.9 Å². The van der Waals surface area contributed by atoms with E-state index in [2.05, 4.69) is 10.3 Å². The summed E-state index contributed by atoms with van der Waals surface area (Å²) in [5.41, 5.74) is 1.05. The number of aromatic carboxylic acids is 1. The summed E-state index contributed by atoms with van der Waals surface area (Å²) in [5.74, 6) is -0.938. The van der Waals surface area contributed by atoms with Crippen LogP contribution in [0.25, 0.3) is 5.65 Å². The number of carboxylic acids is 1. The number of aromatic nitrogens is 2. The normalized spacial score (nSPS) is 10.8. The number of benzene rings is 1. The molecule has 0 unspecified atom stereocenters. The molecule has 0 bridgehead atoms. The van der Waals surface area contributed by atoms with E-state index in [0.717, 1.165) is 3.57 Å². The summed E-state index contributed by atoms with van der Waals surface area (Å²) in [7, 11) is 0. The molecule has 106 valence electrons. The van der Waals surface area contributed by atoms with Gasteiger partial charge in [-0.25, -0.2) is 14.2 Å². The van der Waals surface area contributed by atoms with Gasteiger partial charge in [0, 0.05) is 9.77 Å². The van der Waals surface area contributed by atoms with Crippen molar-refractivity contribution in [2.24, 2.45) is 0 Å². The van der Waals surface area contributed by atoms with Crippen LogP contribution in [0, 0.1) is 9.39 Å². The van der Waals surface area contributed by atoms with Gasteiger partial charge in [0.1, 0.15) is 17.3 Å². The van der Waals surface area contributed by atoms with Crippen LogP contribution in [0.4, 0.5) is 15.9 Å². The number of fused-ring (bicyclic) bond motifs is 1. The smallest absolute Gasteiger partial charge is 0.337 e. The second-order valence-corrected chi connectivity index (χ2v) is 5.61. The first-order valence-electron chi connectivity index (χ1n) is 5.97. The fourth-order valence-corrected chi connectivity index (χ4v) is 2.36. The number of hydrogen-bond donors (Lipinski definition) is 2. The molecule has 0 aliphatic heterocycles. The molecule has 2 aromatic heterocycles. The zero-order valence-electron chi connectivity index (χ0n) is 10.5. The predicted molar refractivity (Wildman–Crippen MR) is 84.6 cm³/mol. The standard InChI is InChI=1S/C14H9FIN3O2/c15-10-5-9(16)2-3-11(10)17-12-7-19-6-8(14(20)21)1-4-13(19)18-12/h1-7,17H,(H,20,21). The number of pyridine rings is 1. The number of hydrogen-bond acceptors (Lipinski definition) is 3. The number of carboxylic acid groups (broad SMARTS) is 1. The molecule has 7 heteroatoms. The maximum Gasteiger partial charge on any atom is 0.337 e. The van der Waals surface area contributed by atoms with Crippen molar-refractivity contribution < 1.29 is 14.3 Å². The van der Waals surface area contributed by atoms with Crippen molar-refractivity contribution in [1.29, 1.82) is 0 Å². The second kappa shape index (κ2) is 5.32. The average Bonchev–Trinajstić information content (AvgIpc) is 2.83. The SMILES string of the molecule is O=C(O)c1ccc2nc(Nc3ccc(I)cc3F)cn2c1. The molecule has 0 aliphatic carbocycles. The van der Waals surface area contributed by atoms with Crippen molar-refractivity contribution in [2.45, 2.75) is 0 Å². The van der Waals surface area contributed by atoms with Crippen LogP contribution in [0.15, 0.2) is 42.7 Å². The van der Waals surface area contributed by atoms with E-state index in [1.165, 1.54) is 18.3 Å². The highest BCUT2D eigenvalue weighted by Gasteiger charge is 2.08. The lowest BCUT2D eigenvalue weighted by Gasteiger charge is -2.04. The monoisotopic (exact) mass is 397 g/mol. The van der Waals surface area contributed by atoms with E-state index < -0.39 is 5.97 Å². The number of rotatable bonds is 3. The summed E-state index contributed by atoms with van der Waals surface area (Å²) < 4.78 is 16.2. The minimum atomic E-state index is -1.01. The van der Waals surface area contributed by atoms with Gasteiger partial charge in [-0.1, -0.05) is 0 Å². The Morgan fingerprint density at radius 3 is 2.81 bits per heavy atom. The minimum absolute atomic E-state index is 0.159. The van der Waals surface area contributed by atoms with E-state index in [0.29, 0.717) is 17.2 Å². The van der Waals surface area contributed by atoms with Crippen molar-refractivity contribution >= 4 is 45.7 Å². The lowest BCUT2D eigenvalue weighted by atomic mass is 10.3. The molecule has 0 fully saturated rings. The molecule has 21 heavy (non-hydrogen) atoms. The van der Waals surface area contributed by atoms with Crippen molar-refractivity contribution in [2.75, 3.05) is 5.32 Å². The maximum atomic E-state index is 13.8. The van der Waals surface area contributed by atoms with E-state index in [-0.39, 0.29) is 11.4 Å². The van der Waals surface area contributed by atoms with Gasteiger partial charge in [0.15, 0.2) is 0 Å². The fourth-order valence-electron chi connectivity index (χ4n) is 1.91. The molecule has 1 aromatic carbocycles. The van der Waals surface area contributed by atoms with E-state index in [9.17, 15) is 9.18 Å². The molecular weight excluding hydrogens is 388 g/mol. The number of anilines is 2. The molecule has 0 saturated heterocycles. The molecule has 2 N–H and O–H groups in total. The zero-order chi connectivity index (χ0) is 15.0. The molecular formula is C14H9FIN3O2. The first-order valence-corrected chi connectivity index (χ1v) is 7.05. The number of nitrogens with one attached hydrogen (secondary N) is 1. The summed E-state index contributed by atoms with van der Waals surface area (Å²) in [6.45, 7) is 0. The Hall–Kier alpha value is -2.16. The zero-order valence-corrected chi connectivity index (χ0v) is 12.7. The van der Waals surface area contributed by atoms with Gasteiger partial charge in [-0.15, -0.1) is 0 Å². The van der Waals surface area contributed by atoms with Crippen LogP contribution in [-0.2, 0) is 0 Å². The Morgan fingerprint density at radius 2 is 2.10 bits per heavy atom. The largest absolute Gasteiger partial charge is 0.478 e. The highest BCUT2D eigenvalue weighted by atomic mass is 127. The Morgan fingerprint density at radius 1 is 1.29 bits per heavy atom. The van der Waals surface area contributed by atoms with E-state index >= 15 is 0 Å². The molecule has 0 spiro atoms. The maximum absolute atomic E-state index is 13.8. The average molecular weight is 397 g/mol. The van der Waals surface area contributed by atoms with E-state index in [1.54, 1.807) is 28.8 Å². The third-order valence-electron chi connectivity index (χ3n) is 2.89. The third kappa shape index (κ3) is 2.82. The van der Waals surface area contributed by atoms with Gasteiger partial charge in [0.25, 0.3) is 0 Å². The van der Waals surface area contributed by atoms with Gasteiger partial charge in [0.2, 0.25) is 0 Å².